The maximum atomic E-state index is 12.2. The monoisotopic (exact) mass is 277 g/mol. The van der Waals surface area contributed by atoms with Gasteiger partial charge in [0.25, 0.3) is 0 Å². The average molecular weight is 278 g/mol. The second-order valence-corrected chi connectivity index (χ2v) is 4.02. The lowest BCUT2D eigenvalue weighted by Crippen LogP contribution is -2.14. The molecule has 0 aromatic heterocycles. The third-order valence-corrected chi connectivity index (χ3v) is 2.22. The molecule has 0 heterocycles. The first-order valence-electron chi connectivity index (χ1n) is 5.18. The van der Waals surface area contributed by atoms with Crippen LogP contribution in [0.4, 0.5) is 8.78 Å². The summed E-state index contributed by atoms with van der Waals surface area (Å²) in [4.78, 5) is 0. The fraction of sp³-hybridized carbons (Fsp3) is 0.333. The smallest absolute Gasteiger partial charge is 0.387 e. The van der Waals surface area contributed by atoms with Gasteiger partial charge in [0.1, 0.15) is 0 Å². The Labute approximate surface area is 109 Å². The number of nitrogens with one attached hydrogen (secondary N) is 1. The fourth-order valence-electron chi connectivity index (χ4n) is 1.36. The third kappa shape index (κ3) is 4.89. The normalized spacial score (nSPS) is 10.5. The van der Waals surface area contributed by atoms with Crippen molar-refractivity contribution in [2.45, 2.75) is 13.2 Å². The van der Waals surface area contributed by atoms with E-state index in [1.54, 1.807) is 12.1 Å². The first kappa shape index (κ1) is 14.7. The number of halogens is 3. The third-order valence-electron chi connectivity index (χ3n) is 2.09. The molecule has 6 heteroatoms. The topological polar surface area (TPSA) is 30.5 Å². The highest BCUT2D eigenvalue weighted by molar-refractivity contribution is 6.29. The highest BCUT2D eigenvalue weighted by atomic mass is 35.5. The summed E-state index contributed by atoms with van der Waals surface area (Å²) in [6.45, 7) is 1.56. The summed E-state index contributed by atoms with van der Waals surface area (Å²) in [5, 5.41) is 3.48. The molecule has 100 valence electrons. The second-order valence-electron chi connectivity index (χ2n) is 3.48. The molecule has 0 aliphatic carbocycles. The van der Waals surface area contributed by atoms with Crippen LogP contribution in [-0.2, 0) is 6.54 Å². The molecule has 0 fully saturated rings. The van der Waals surface area contributed by atoms with Crippen LogP contribution in [-0.4, -0.2) is 20.3 Å². The highest BCUT2D eigenvalue weighted by Crippen LogP contribution is 2.29. The van der Waals surface area contributed by atoms with Crippen LogP contribution in [0.1, 0.15) is 5.56 Å². The molecule has 1 aromatic carbocycles. The van der Waals surface area contributed by atoms with E-state index in [1.807, 2.05) is 0 Å². The number of hydrogen-bond donors (Lipinski definition) is 1. The molecular weight excluding hydrogens is 264 g/mol. The summed E-state index contributed by atoms with van der Waals surface area (Å²) in [6, 6.07) is 4.82. The van der Waals surface area contributed by atoms with Crippen molar-refractivity contribution in [2.24, 2.45) is 0 Å². The van der Waals surface area contributed by atoms with Crippen molar-refractivity contribution in [3.8, 4) is 11.5 Å². The van der Waals surface area contributed by atoms with E-state index >= 15 is 0 Å². The molecule has 0 spiro atoms. The molecule has 0 atom stereocenters. The zero-order valence-corrected chi connectivity index (χ0v) is 10.6. The van der Waals surface area contributed by atoms with Crippen LogP contribution in [0.5, 0.6) is 11.5 Å². The zero-order chi connectivity index (χ0) is 13.5. The predicted molar refractivity (Wildman–Crippen MR) is 66.3 cm³/mol. The number of ether oxygens (including phenoxy) is 2. The summed E-state index contributed by atoms with van der Waals surface area (Å²) in [7, 11) is 1.39. The van der Waals surface area contributed by atoms with Crippen molar-refractivity contribution in [3.05, 3.63) is 35.4 Å². The fourth-order valence-corrected chi connectivity index (χ4v) is 1.46. The lowest BCUT2D eigenvalue weighted by Gasteiger charge is -2.11. The van der Waals surface area contributed by atoms with Crippen LogP contribution in [0.2, 0.25) is 0 Å². The number of benzene rings is 1. The summed E-state index contributed by atoms with van der Waals surface area (Å²) < 4.78 is 33.7. The maximum Gasteiger partial charge on any atom is 0.387 e. The number of methoxy groups -OCH3 is 1. The minimum Gasteiger partial charge on any atom is -0.493 e. The van der Waals surface area contributed by atoms with Crippen molar-refractivity contribution in [1.29, 1.82) is 0 Å². The van der Waals surface area contributed by atoms with E-state index in [-0.39, 0.29) is 11.5 Å². The van der Waals surface area contributed by atoms with Crippen molar-refractivity contribution in [3.63, 3.8) is 0 Å². The Morgan fingerprint density at radius 2 is 2.17 bits per heavy atom. The molecule has 18 heavy (non-hydrogen) atoms. The van der Waals surface area contributed by atoms with Gasteiger partial charge in [-0.05, 0) is 17.7 Å². The molecule has 1 rings (SSSR count). The summed E-state index contributed by atoms with van der Waals surface area (Å²) in [6.07, 6.45) is 0. The first-order valence-corrected chi connectivity index (χ1v) is 5.56. The standard InChI is InChI=1S/C12H14ClF2NO2/c1-8(13)6-16-7-9-3-4-10(17-2)11(5-9)18-12(14)15/h3-5,12,16H,1,6-7H2,2H3. The first-order chi connectivity index (χ1) is 8.52. The van der Waals surface area contributed by atoms with Crippen LogP contribution in [0, 0.1) is 0 Å². The van der Waals surface area contributed by atoms with Gasteiger partial charge in [-0.1, -0.05) is 24.2 Å². The van der Waals surface area contributed by atoms with Gasteiger partial charge >= 0.3 is 6.61 Å². The van der Waals surface area contributed by atoms with Gasteiger partial charge in [0.05, 0.1) is 7.11 Å². The largest absolute Gasteiger partial charge is 0.493 e. The molecule has 0 saturated carbocycles. The zero-order valence-electron chi connectivity index (χ0n) is 9.88. The van der Waals surface area contributed by atoms with E-state index in [9.17, 15) is 8.78 Å². The van der Waals surface area contributed by atoms with Crippen LogP contribution in [0.25, 0.3) is 0 Å². The number of rotatable bonds is 7. The van der Waals surface area contributed by atoms with Gasteiger partial charge in [0, 0.05) is 18.1 Å². The van der Waals surface area contributed by atoms with E-state index in [0.717, 1.165) is 5.56 Å². The predicted octanol–water partition coefficient (Wildman–Crippen LogP) is 3.14. The highest BCUT2D eigenvalue weighted by Gasteiger charge is 2.11. The maximum absolute atomic E-state index is 12.2. The van der Waals surface area contributed by atoms with Gasteiger partial charge in [0.2, 0.25) is 0 Å². The Morgan fingerprint density at radius 3 is 2.72 bits per heavy atom. The quantitative estimate of drug-likeness (QED) is 0.830. The molecule has 1 N–H and O–H groups in total. The molecule has 0 saturated heterocycles. The molecule has 0 bridgehead atoms. The average Bonchev–Trinajstić information content (AvgIpc) is 2.28. The SMILES string of the molecule is C=C(Cl)CNCc1ccc(OC)c(OC(F)F)c1. The molecule has 0 amide bonds. The Hall–Kier alpha value is -1.33. The Morgan fingerprint density at radius 1 is 1.44 bits per heavy atom. The summed E-state index contributed by atoms with van der Waals surface area (Å²) in [5.41, 5.74) is 0.782. The van der Waals surface area contributed by atoms with Gasteiger partial charge in [-0.25, -0.2) is 0 Å². The molecule has 0 aliphatic rings. The minimum absolute atomic E-state index is 0.0106. The molecule has 0 aliphatic heterocycles. The van der Waals surface area contributed by atoms with E-state index in [1.165, 1.54) is 13.2 Å². The van der Waals surface area contributed by atoms with Gasteiger partial charge in [0.15, 0.2) is 11.5 Å². The van der Waals surface area contributed by atoms with Gasteiger partial charge in [-0.2, -0.15) is 8.78 Å². The van der Waals surface area contributed by atoms with E-state index < -0.39 is 6.61 Å². The second kappa shape index (κ2) is 7.18. The van der Waals surface area contributed by atoms with E-state index in [4.69, 9.17) is 16.3 Å². The van der Waals surface area contributed by atoms with Crippen molar-refractivity contribution >= 4 is 11.6 Å². The Balaban J connectivity index is 2.72. The van der Waals surface area contributed by atoms with Crippen LogP contribution >= 0.6 is 11.6 Å². The summed E-state index contributed by atoms with van der Waals surface area (Å²) >= 11 is 5.59. The van der Waals surface area contributed by atoms with Crippen molar-refractivity contribution in [2.75, 3.05) is 13.7 Å². The molecule has 0 radical (unpaired) electrons. The van der Waals surface area contributed by atoms with Crippen molar-refractivity contribution < 1.29 is 18.3 Å². The van der Waals surface area contributed by atoms with Crippen LogP contribution in [0.3, 0.4) is 0 Å². The molecule has 3 nitrogen and oxygen atoms in total. The molecular formula is C12H14ClF2NO2. The Bertz CT molecular complexity index is 413. The van der Waals surface area contributed by atoms with Gasteiger partial charge in [-0.15, -0.1) is 0 Å². The number of alkyl halides is 2. The summed E-state index contributed by atoms with van der Waals surface area (Å²) in [5.74, 6) is 0.275. The Kier molecular flexibility index (Phi) is 5.88. The molecule has 1 aromatic rings. The van der Waals surface area contributed by atoms with E-state index in [0.29, 0.717) is 18.1 Å². The van der Waals surface area contributed by atoms with Crippen LogP contribution < -0.4 is 14.8 Å². The van der Waals surface area contributed by atoms with Gasteiger partial charge < -0.3 is 14.8 Å². The van der Waals surface area contributed by atoms with E-state index in [2.05, 4.69) is 16.6 Å². The molecule has 0 unspecified atom stereocenters. The van der Waals surface area contributed by atoms with Gasteiger partial charge in [-0.3, -0.25) is 0 Å². The lowest BCUT2D eigenvalue weighted by atomic mass is 10.2. The lowest BCUT2D eigenvalue weighted by molar-refractivity contribution is -0.0512. The van der Waals surface area contributed by atoms with Crippen molar-refractivity contribution in [1.82, 2.24) is 5.32 Å². The minimum atomic E-state index is -2.88. The number of hydrogen-bond acceptors (Lipinski definition) is 3. The van der Waals surface area contributed by atoms with Crippen LogP contribution in [0.15, 0.2) is 29.8 Å².